The largest absolute Gasteiger partial charge is 0.436 e. The van der Waals surface area contributed by atoms with Crippen molar-refractivity contribution >= 4 is 17.8 Å². The first-order valence-electron chi connectivity index (χ1n) is 9.18. The zero-order valence-electron chi connectivity index (χ0n) is 14.5. The van der Waals surface area contributed by atoms with Crippen LogP contribution < -0.4 is 0 Å². The number of hydrogen-bond acceptors (Lipinski definition) is 5. The fraction of sp³-hybridized carbons (Fsp3) is 0.833. The second kappa shape index (κ2) is 7.21. The van der Waals surface area contributed by atoms with Gasteiger partial charge in [-0.15, -0.1) is 0 Å². The van der Waals surface area contributed by atoms with Crippen LogP contribution in [0, 0.1) is 17.8 Å². The van der Waals surface area contributed by atoms with Gasteiger partial charge in [-0.05, 0) is 38.5 Å². The van der Waals surface area contributed by atoms with Crippen molar-refractivity contribution in [3.8, 4) is 0 Å². The van der Waals surface area contributed by atoms with Gasteiger partial charge in [0.05, 0.1) is 12.5 Å². The van der Waals surface area contributed by atoms with Gasteiger partial charge in [-0.2, -0.15) is 0 Å². The summed E-state index contributed by atoms with van der Waals surface area (Å²) >= 11 is 0. The number of likely N-dealkylation sites (tertiary alicyclic amines) is 1. The van der Waals surface area contributed by atoms with E-state index in [0.29, 0.717) is 32.3 Å². The van der Waals surface area contributed by atoms with E-state index in [0.717, 1.165) is 19.3 Å². The fourth-order valence-corrected chi connectivity index (χ4v) is 3.93. The lowest BCUT2D eigenvalue weighted by molar-refractivity contribution is -0.192. The van der Waals surface area contributed by atoms with E-state index < -0.39 is 6.29 Å². The molecule has 3 atom stereocenters. The number of amides is 2. The van der Waals surface area contributed by atoms with Crippen molar-refractivity contribution < 1.29 is 23.9 Å². The van der Waals surface area contributed by atoms with Gasteiger partial charge in [0, 0.05) is 24.3 Å². The number of hydrogen-bond donors (Lipinski definition) is 0. The van der Waals surface area contributed by atoms with E-state index in [1.165, 1.54) is 4.90 Å². The topological polar surface area (TPSA) is 72.9 Å². The van der Waals surface area contributed by atoms with Gasteiger partial charge in [-0.1, -0.05) is 13.8 Å². The average Bonchev–Trinajstić information content (AvgIpc) is 2.79. The molecule has 3 rings (SSSR count). The van der Waals surface area contributed by atoms with E-state index in [4.69, 9.17) is 9.47 Å². The summed E-state index contributed by atoms with van der Waals surface area (Å²) in [6.45, 7) is 4.29. The Hall–Kier alpha value is -1.43. The summed E-state index contributed by atoms with van der Waals surface area (Å²) in [5, 5.41) is 0. The van der Waals surface area contributed by atoms with Gasteiger partial charge in [0.1, 0.15) is 0 Å². The Morgan fingerprint density at radius 1 is 1.00 bits per heavy atom. The molecule has 2 aliphatic heterocycles. The molecule has 24 heavy (non-hydrogen) atoms. The molecule has 0 N–H and O–H groups in total. The molecule has 1 aliphatic carbocycles. The Balaban J connectivity index is 1.51. The molecule has 1 saturated carbocycles. The zero-order chi connectivity index (χ0) is 17.3. The summed E-state index contributed by atoms with van der Waals surface area (Å²) in [4.78, 5) is 38.3. The highest BCUT2D eigenvalue weighted by Gasteiger charge is 2.46. The van der Waals surface area contributed by atoms with E-state index in [1.807, 2.05) is 13.8 Å². The lowest BCUT2D eigenvalue weighted by Gasteiger charge is -2.33. The third-order valence-corrected chi connectivity index (χ3v) is 5.78. The summed E-state index contributed by atoms with van der Waals surface area (Å²) in [5.74, 6) is -0.925. The Labute approximate surface area is 142 Å². The molecule has 3 fully saturated rings. The zero-order valence-corrected chi connectivity index (χ0v) is 14.5. The molecule has 3 unspecified atom stereocenters. The van der Waals surface area contributed by atoms with Crippen LogP contribution in [0.1, 0.15) is 58.8 Å². The third-order valence-electron chi connectivity index (χ3n) is 5.78. The maximum Gasteiger partial charge on any atom is 0.311 e. The highest BCUT2D eigenvalue weighted by molar-refractivity contribution is 6.05. The van der Waals surface area contributed by atoms with Gasteiger partial charge < -0.3 is 9.47 Å². The van der Waals surface area contributed by atoms with Crippen molar-refractivity contribution in [2.24, 2.45) is 17.8 Å². The first-order valence-corrected chi connectivity index (χ1v) is 9.18. The first-order chi connectivity index (χ1) is 11.5. The summed E-state index contributed by atoms with van der Waals surface area (Å²) in [5.41, 5.74) is 0. The van der Waals surface area contributed by atoms with Crippen LogP contribution >= 0.6 is 0 Å². The standard InChI is InChI=1S/C18H27NO5/c1-11-12(2)17(21)19(16(11)20)14-8-6-13(7-9-14)18(22)24-15-5-3-4-10-23-15/h11-15H,3-10H2,1-2H3. The van der Waals surface area contributed by atoms with Crippen LogP contribution in [0.4, 0.5) is 0 Å². The molecule has 6 heteroatoms. The van der Waals surface area contributed by atoms with Crippen molar-refractivity contribution in [1.29, 1.82) is 0 Å². The Morgan fingerprint density at radius 2 is 1.62 bits per heavy atom. The molecule has 134 valence electrons. The normalized spacial score (nSPS) is 37.6. The van der Waals surface area contributed by atoms with Gasteiger partial charge in [0.15, 0.2) is 0 Å². The van der Waals surface area contributed by atoms with Gasteiger partial charge >= 0.3 is 5.97 Å². The van der Waals surface area contributed by atoms with Gasteiger partial charge in [0.25, 0.3) is 0 Å². The molecular weight excluding hydrogens is 310 g/mol. The SMILES string of the molecule is CC1C(=O)N(C2CCC(C(=O)OC3CCCCO3)CC2)C(=O)C1C. The molecule has 2 saturated heterocycles. The lowest BCUT2D eigenvalue weighted by atomic mass is 9.85. The van der Waals surface area contributed by atoms with E-state index >= 15 is 0 Å². The first kappa shape index (κ1) is 17.4. The number of nitrogens with zero attached hydrogens (tertiary/aromatic N) is 1. The van der Waals surface area contributed by atoms with Crippen LogP contribution in [0.3, 0.4) is 0 Å². The molecule has 3 aliphatic rings. The van der Waals surface area contributed by atoms with Crippen LogP contribution in [0.15, 0.2) is 0 Å². The molecule has 0 aromatic heterocycles. The second-order valence-electron chi connectivity index (χ2n) is 7.36. The van der Waals surface area contributed by atoms with E-state index in [2.05, 4.69) is 0 Å². The molecular formula is C18H27NO5. The van der Waals surface area contributed by atoms with E-state index in [1.54, 1.807) is 0 Å². The monoisotopic (exact) mass is 337 g/mol. The summed E-state index contributed by atoms with van der Waals surface area (Å²) in [6, 6.07) is -0.0626. The predicted molar refractivity (Wildman–Crippen MR) is 85.6 cm³/mol. The van der Waals surface area contributed by atoms with Crippen molar-refractivity contribution in [3.63, 3.8) is 0 Å². The number of rotatable bonds is 3. The Kier molecular flexibility index (Phi) is 5.23. The number of esters is 1. The minimum atomic E-state index is -0.396. The van der Waals surface area contributed by atoms with Gasteiger partial charge in [-0.25, -0.2) is 0 Å². The highest BCUT2D eigenvalue weighted by atomic mass is 16.7. The Bertz CT molecular complexity index is 486. The minimum Gasteiger partial charge on any atom is -0.436 e. The molecule has 6 nitrogen and oxygen atoms in total. The van der Waals surface area contributed by atoms with Crippen molar-refractivity contribution in [3.05, 3.63) is 0 Å². The van der Waals surface area contributed by atoms with Crippen LogP contribution in [-0.2, 0) is 23.9 Å². The molecule has 2 amide bonds. The van der Waals surface area contributed by atoms with Gasteiger partial charge in [-0.3, -0.25) is 19.3 Å². The van der Waals surface area contributed by atoms with Crippen LogP contribution in [0.2, 0.25) is 0 Å². The number of carbonyl (C=O) groups excluding carboxylic acids is 3. The van der Waals surface area contributed by atoms with Crippen LogP contribution in [0.5, 0.6) is 0 Å². The summed E-state index contributed by atoms with van der Waals surface area (Å²) in [6.07, 6.45) is 5.12. The second-order valence-corrected chi connectivity index (χ2v) is 7.36. The molecule has 0 spiro atoms. The smallest absolute Gasteiger partial charge is 0.311 e. The highest BCUT2D eigenvalue weighted by Crippen LogP contribution is 2.35. The average molecular weight is 337 g/mol. The maximum absolute atomic E-state index is 12.3. The summed E-state index contributed by atoms with van der Waals surface area (Å²) < 4.78 is 10.9. The molecule has 0 radical (unpaired) electrons. The predicted octanol–water partition coefficient (Wildman–Crippen LogP) is 2.26. The Morgan fingerprint density at radius 3 is 2.17 bits per heavy atom. The van der Waals surface area contributed by atoms with Crippen molar-refractivity contribution in [2.75, 3.05) is 6.61 Å². The number of imide groups is 1. The molecule has 2 heterocycles. The number of ether oxygens (including phenoxy) is 2. The number of carbonyl (C=O) groups is 3. The van der Waals surface area contributed by atoms with Crippen molar-refractivity contribution in [2.45, 2.75) is 71.1 Å². The van der Waals surface area contributed by atoms with Gasteiger partial charge in [0.2, 0.25) is 18.1 Å². The molecule has 0 aromatic carbocycles. The minimum absolute atomic E-state index is 0.0610. The quantitative estimate of drug-likeness (QED) is 0.583. The lowest BCUT2D eigenvalue weighted by Crippen LogP contribution is -2.43. The van der Waals surface area contributed by atoms with Crippen LogP contribution in [0.25, 0.3) is 0 Å². The maximum atomic E-state index is 12.3. The summed E-state index contributed by atoms with van der Waals surface area (Å²) in [7, 11) is 0. The van der Waals surface area contributed by atoms with Crippen LogP contribution in [-0.4, -0.2) is 41.6 Å². The third kappa shape index (κ3) is 3.34. The van der Waals surface area contributed by atoms with E-state index in [9.17, 15) is 14.4 Å². The van der Waals surface area contributed by atoms with E-state index in [-0.39, 0.29) is 41.6 Å². The molecule has 0 aromatic rings. The fourth-order valence-electron chi connectivity index (χ4n) is 3.93. The van der Waals surface area contributed by atoms with Crippen molar-refractivity contribution in [1.82, 2.24) is 4.90 Å². The molecule has 0 bridgehead atoms.